The van der Waals surface area contributed by atoms with Gasteiger partial charge in [-0.3, -0.25) is 4.79 Å². The number of ether oxygens (including phenoxy) is 6. The lowest BCUT2D eigenvalue weighted by Crippen LogP contribution is -2.66. The maximum Gasteiger partial charge on any atom is 0.220 e. The average molecular weight is 1270 g/mol. The van der Waals surface area contributed by atoms with Crippen LogP contribution in [0.5, 0.6) is 0 Å². The lowest BCUT2D eigenvalue weighted by molar-refractivity contribution is -0.379. The van der Waals surface area contributed by atoms with Gasteiger partial charge in [0.05, 0.1) is 38.6 Å². The lowest BCUT2D eigenvalue weighted by atomic mass is 9.96. The molecule has 3 heterocycles. The zero-order valence-electron chi connectivity index (χ0n) is 54.3. The summed E-state index contributed by atoms with van der Waals surface area (Å²) in [5, 5.41) is 120. The van der Waals surface area contributed by atoms with E-state index in [-0.39, 0.29) is 18.9 Å². The third kappa shape index (κ3) is 33.5. The number of aliphatic hydroxyl groups excluding tert-OH is 11. The number of hydrogen-bond acceptors (Lipinski definition) is 18. The number of carbonyl (C=O) groups is 1. The Morgan fingerprint density at radius 2 is 0.767 bits per heavy atom. The topological polar surface area (TPSA) is 307 Å². The minimum Gasteiger partial charge on any atom is -0.394 e. The van der Waals surface area contributed by atoms with E-state index in [0.29, 0.717) is 6.42 Å². The maximum absolute atomic E-state index is 13.4. The Morgan fingerprint density at radius 3 is 1.20 bits per heavy atom. The highest BCUT2D eigenvalue weighted by atomic mass is 16.8. The molecule has 90 heavy (non-hydrogen) atoms. The summed E-state index contributed by atoms with van der Waals surface area (Å²) in [6, 6.07) is -1.01. The predicted octanol–water partition coefficient (Wildman–Crippen LogP) is 8.66. The third-order valence-electron chi connectivity index (χ3n) is 16.3. The normalized spacial score (nSPS) is 28.7. The smallest absolute Gasteiger partial charge is 0.220 e. The number of amides is 1. The number of nitrogens with one attached hydrogen (secondary N) is 1. The first-order valence-corrected chi connectivity index (χ1v) is 34.1. The van der Waals surface area contributed by atoms with Gasteiger partial charge in [0, 0.05) is 6.42 Å². The molecule has 12 N–H and O–H groups in total. The summed E-state index contributed by atoms with van der Waals surface area (Å²) in [7, 11) is 0. The summed E-state index contributed by atoms with van der Waals surface area (Å²) in [4.78, 5) is 13.4. The largest absolute Gasteiger partial charge is 0.394 e. The molecule has 3 rings (SSSR count). The molecule has 0 bridgehead atoms. The number of carbonyl (C=O) groups excluding carboxylic acids is 1. The van der Waals surface area contributed by atoms with Gasteiger partial charge in [0.15, 0.2) is 18.9 Å². The first-order valence-electron chi connectivity index (χ1n) is 34.1. The van der Waals surface area contributed by atoms with Crippen molar-refractivity contribution in [2.75, 3.05) is 26.4 Å². The minimum absolute atomic E-state index is 0.181. The fourth-order valence-corrected chi connectivity index (χ4v) is 10.8. The molecule has 3 saturated heterocycles. The fourth-order valence-electron chi connectivity index (χ4n) is 10.8. The van der Waals surface area contributed by atoms with E-state index in [0.717, 1.165) is 89.9 Å². The Hall–Kier alpha value is -3.55. The molecule has 0 aromatic heterocycles. The molecule has 0 aromatic rings. The maximum atomic E-state index is 13.4. The van der Waals surface area contributed by atoms with E-state index >= 15 is 0 Å². The fraction of sp³-hybridized carbons (Fsp3) is 0.732. The van der Waals surface area contributed by atoms with Gasteiger partial charge in [0.25, 0.3) is 0 Å². The van der Waals surface area contributed by atoms with Crippen molar-refractivity contribution < 1.29 is 89.4 Å². The molecular formula is C71H119NO18. The SMILES string of the molecule is CC/C=C\C/C=C\C/C=C\C/C=C\C/C=C\C/C=C\C/C=C\C/C=C\CCCCC(=O)NC(COC1OC(CO)C(OC2OC(CO)C(OC3OC(CO)C(O)C(O)C3O)C(O)C2O)C(O)C1O)C(O)/C=C/CCCCCCCCCCCCCCCCCC. The van der Waals surface area contributed by atoms with Gasteiger partial charge in [-0.05, 0) is 83.5 Å². The van der Waals surface area contributed by atoms with E-state index < -0.39 is 124 Å². The summed E-state index contributed by atoms with van der Waals surface area (Å²) in [6.07, 6.45) is 42.0. The van der Waals surface area contributed by atoms with Crippen molar-refractivity contribution in [3.8, 4) is 0 Å². The molecule has 19 nitrogen and oxygen atoms in total. The molecule has 0 radical (unpaired) electrons. The van der Waals surface area contributed by atoms with Crippen LogP contribution in [0.4, 0.5) is 0 Å². The van der Waals surface area contributed by atoms with Crippen LogP contribution in [0.25, 0.3) is 0 Å². The molecule has 1 amide bonds. The van der Waals surface area contributed by atoms with Gasteiger partial charge in [-0.25, -0.2) is 0 Å². The number of allylic oxidation sites excluding steroid dienone is 17. The van der Waals surface area contributed by atoms with Crippen LogP contribution in [-0.2, 0) is 33.2 Å². The van der Waals surface area contributed by atoms with Gasteiger partial charge >= 0.3 is 0 Å². The summed E-state index contributed by atoms with van der Waals surface area (Å²) < 4.78 is 34.3. The van der Waals surface area contributed by atoms with Crippen LogP contribution >= 0.6 is 0 Å². The van der Waals surface area contributed by atoms with Crippen LogP contribution in [0.15, 0.2) is 109 Å². The second-order valence-electron chi connectivity index (χ2n) is 23.9. The van der Waals surface area contributed by atoms with Crippen LogP contribution < -0.4 is 5.32 Å². The van der Waals surface area contributed by atoms with E-state index in [1.807, 2.05) is 6.08 Å². The molecule has 17 atom stereocenters. The van der Waals surface area contributed by atoms with E-state index in [1.54, 1.807) is 6.08 Å². The van der Waals surface area contributed by atoms with Crippen molar-refractivity contribution in [2.24, 2.45) is 0 Å². The second kappa shape index (κ2) is 51.8. The molecule has 17 unspecified atom stereocenters. The van der Waals surface area contributed by atoms with Crippen molar-refractivity contribution in [3.05, 3.63) is 109 Å². The van der Waals surface area contributed by atoms with Crippen molar-refractivity contribution in [1.82, 2.24) is 5.32 Å². The van der Waals surface area contributed by atoms with E-state index in [2.05, 4.69) is 116 Å². The van der Waals surface area contributed by atoms with Crippen LogP contribution in [-0.4, -0.2) is 193 Å². The number of unbranched alkanes of at least 4 members (excludes halogenated alkanes) is 18. The van der Waals surface area contributed by atoms with E-state index in [9.17, 15) is 61.0 Å². The van der Waals surface area contributed by atoms with Crippen molar-refractivity contribution >= 4 is 5.91 Å². The van der Waals surface area contributed by atoms with E-state index in [1.165, 1.54) is 83.5 Å². The Bertz CT molecular complexity index is 2060. The number of rotatable bonds is 50. The summed E-state index contributed by atoms with van der Waals surface area (Å²) in [5.41, 5.74) is 0. The number of hydrogen-bond donors (Lipinski definition) is 12. The van der Waals surface area contributed by atoms with Crippen molar-refractivity contribution in [2.45, 2.75) is 304 Å². The Labute approximate surface area is 538 Å². The van der Waals surface area contributed by atoms with Gasteiger partial charge in [-0.15, -0.1) is 0 Å². The highest BCUT2D eigenvalue weighted by Crippen LogP contribution is 2.33. The van der Waals surface area contributed by atoms with Gasteiger partial charge in [0.2, 0.25) is 5.91 Å². The van der Waals surface area contributed by atoms with E-state index in [4.69, 9.17) is 28.4 Å². The van der Waals surface area contributed by atoms with Crippen LogP contribution in [0.1, 0.15) is 200 Å². The molecule has 19 heteroatoms. The predicted molar refractivity (Wildman–Crippen MR) is 350 cm³/mol. The second-order valence-corrected chi connectivity index (χ2v) is 23.9. The molecule has 0 saturated carbocycles. The first-order chi connectivity index (χ1) is 43.8. The highest BCUT2D eigenvalue weighted by molar-refractivity contribution is 5.76. The molecule has 3 aliphatic heterocycles. The quantitative estimate of drug-likeness (QED) is 0.0200. The molecular weight excluding hydrogens is 1150 g/mol. The number of aliphatic hydroxyl groups is 11. The average Bonchev–Trinajstić information content (AvgIpc) is 0.866. The standard InChI is InChI=1S/C71H119NO18/c1-3-5-7-9-11-13-15-17-19-21-23-24-25-26-27-28-29-30-31-33-35-37-39-41-43-45-47-49-59(77)72-54(55(76)48-46-44-42-40-38-36-34-32-22-20-18-16-14-12-10-8-6-4-2)53-85-69-65(83)62(80)67(57(51-74)87-69)90-71-66(84)63(81)68(58(52-75)88-71)89-70-64(82)61(79)60(78)56(50-73)86-70/h5,7,11,13,17,19,23-24,26-27,29-30,33,35,39,41,46,48,54-58,60-71,73-76,78-84H,3-4,6,8-10,12,14-16,18,20-22,25,28,31-32,34,36-38,40,42-45,47,49-53H2,1-2H3,(H,72,77)/b7-5-,13-11-,19-17-,24-23-,27-26-,30-29-,35-33-,41-39-,48-46+. The molecule has 3 fully saturated rings. The summed E-state index contributed by atoms with van der Waals surface area (Å²) in [5.74, 6) is -0.322. The first kappa shape index (κ1) is 80.7. The van der Waals surface area contributed by atoms with Gasteiger partial charge in [-0.2, -0.15) is 0 Å². The van der Waals surface area contributed by atoms with Gasteiger partial charge < -0.3 is 89.9 Å². The van der Waals surface area contributed by atoms with Crippen LogP contribution in [0.3, 0.4) is 0 Å². The van der Waals surface area contributed by atoms with Gasteiger partial charge in [-0.1, -0.05) is 220 Å². The lowest BCUT2D eigenvalue weighted by Gasteiger charge is -2.48. The monoisotopic (exact) mass is 1270 g/mol. The minimum atomic E-state index is -1.99. The summed E-state index contributed by atoms with van der Waals surface area (Å²) in [6.45, 7) is 1.57. The van der Waals surface area contributed by atoms with Crippen LogP contribution in [0, 0.1) is 0 Å². The van der Waals surface area contributed by atoms with Crippen molar-refractivity contribution in [3.63, 3.8) is 0 Å². The van der Waals surface area contributed by atoms with Crippen molar-refractivity contribution in [1.29, 1.82) is 0 Å². The molecule has 516 valence electrons. The summed E-state index contributed by atoms with van der Waals surface area (Å²) >= 11 is 0. The molecule has 0 aromatic carbocycles. The Morgan fingerprint density at radius 1 is 0.411 bits per heavy atom. The molecule has 0 aliphatic carbocycles. The zero-order valence-corrected chi connectivity index (χ0v) is 54.3. The molecule has 0 spiro atoms. The Balaban J connectivity index is 1.47. The zero-order chi connectivity index (χ0) is 65.4. The highest BCUT2D eigenvalue weighted by Gasteiger charge is 2.53. The third-order valence-corrected chi connectivity index (χ3v) is 16.3. The van der Waals surface area contributed by atoms with Gasteiger partial charge in [0.1, 0.15) is 73.2 Å². The molecule has 3 aliphatic rings. The Kier molecular flexibility index (Phi) is 46.5. The van der Waals surface area contributed by atoms with Crippen LogP contribution in [0.2, 0.25) is 0 Å².